The van der Waals surface area contributed by atoms with Crippen LogP contribution in [0.4, 0.5) is 0 Å². The van der Waals surface area contributed by atoms with E-state index in [9.17, 15) is 14.4 Å². The Labute approximate surface area is 181 Å². The van der Waals surface area contributed by atoms with Crippen LogP contribution in [0, 0.1) is 0 Å². The number of fused-ring (bicyclic) bond motifs is 1. The smallest absolute Gasteiger partial charge is 0.262 e. The SMILES string of the molecule is CNC(=O)CC(c1ccc(OC)c(OC2CCCC2)c1)N1C(=O)c2ccccc2C1=O. The maximum atomic E-state index is 13.1. The van der Waals surface area contributed by atoms with Crippen LogP contribution < -0.4 is 14.8 Å². The van der Waals surface area contributed by atoms with Crippen molar-refractivity contribution in [3.05, 3.63) is 59.2 Å². The highest BCUT2D eigenvalue weighted by molar-refractivity contribution is 6.21. The molecule has 1 atom stereocenters. The molecule has 7 heteroatoms. The number of amides is 3. The highest BCUT2D eigenvalue weighted by Crippen LogP contribution is 2.38. The Kier molecular flexibility index (Phi) is 5.93. The molecule has 1 aliphatic heterocycles. The van der Waals surface area contributed by atoms with E-state index in [0.717, 1.165) is 25.7 Å². The fourth-order valence-electron chi connectivity index (χ4n) is 4.31. The molecule has 7 nitrogen and oxygen atoms in total. The molecule has 2 aromatic rings. The normalized spacial score (nSPS) is 16.9. The lowest BCUT2D eigenvalue weighted by Crippen LogP contribution is -2.37. The third-order valence-electron chi connectivity index (χ3n) is 5.96. The third kappa shape index (κ3) is 4.00. The molecule has 3 amide bonds. The topological polar surface area (TPSA) is 84.9 Å². The van der Waals surface area contributed by atoms with Gasteiger partial charge in [-0.25, -0.2) is 0 Å². The summed E-state index contributed by atoms with van der Waals surface area (Å²) in [6, 6.07) is 11.3. The molecule has 0 bridgehead atoms. The van der Waals surface area contributed by atoms with Crippen molar-refractivity contribution in [2.45, 2.75) is 44.2 Å². The molecule has 1 N–H and O–H groups in total. The van der Waals surface area contributed by atoms with Crippen molar-refractivity contribution in [2.75, 3.05) is 14.2 Å². The zero-order chi connectivity index (χ0) is 22.0. The van der Waals surface area contributed by atoms with Crippen LogP contribution in [0.1, 0.15) is 64.4 Å². The molecule has 1 unspecified atom stereocenters. The number of carbonyl (C=O) groups is 3. The van der Waals surface area contributed by atoms with E-state index in [0.29, 0.717) is 28.2 Å². The minimum absolute atomic E-state index is 0.0445. The van der Waals surface area contributed by atoms with Crippen LogP contribution in [0.2, 0.25) is 0 Å². The van der Waals surface area contributed by atoms with Gasteiger partial charge in [-0.05, 0) is 55.5 Å². The van der Waals surface area contributed by atoms with Gasteiger partial charge >= 0.3 is 0 Å². The van der Waals surface area contributed by atoms with E-state index >= 15 is 0 Å². The largest absolute Gasteiger partial charge is 0.493 e. The molecule has 0 radical (unpaired) electrons. The van der Waals surface area contributed by atoms with Crippen molar-refractivity contribution in [1.82, 2.24) is 10.2 Å². The third-order valence-corrected chi connectivity index (χ3v) is 5.96. The second kappa shape index (κ2) is 8.79. The van der Waals surface area contributed by atoms with E-state index in [2.05, 4.69) is 5.32 Å². The first-order chi connectivity index (χ1) is 15.0. The standard InChI is InChI=1S/C24H26N2O5/c1-25-22(27)14-19(26-23(28)17-9-5-6-10-18(17)24(26)29)15-11-12-20(30-2)21(13-15)31-16-7-3-4-8-16/h5-6,9-13,16,19H,3-4,7-8,14H2,1-2H3,(H,25,27). The van der Waals surface area contributed by atoms with Crippen LogP contribution in [-0.2, 0) is 4.79 Å². The number of methoxy groups -OCH3 is 1. The molecule has 2 aliphatic rings. The van der Waals surface area contributed by atoms with E-state index in [1.165, 1.54) is 11.9 Å². The Morgan fingerprint density at radius 3 is 2.29 bits per heavy atom. The van der Waals surface area contributed by atoms with Crippen LogP contribution in [-0.4, -0.2) is 42.9 Å². The fourth-order valence-corrected chi connectivity index (χ4v) is 4.31. The van der Waals surface area contributed by atoms with Crippen molar-refractivity contribution in [3.63, 3.8) is 0 Å². The molecule has 0 saturated heterocycles. The van der Waals surface area contributed by atoms with Crippen molar-refractivity contribution >= 4 is 17.7 Å². The molecule has 1 heterocycles. The summed E-state index contributed by atoms with van der Waals surface area (Å²) in [6.07, 6.45) is 4.28. The summed E-state index contributed by atoms with van der Waals surface area (Å²) in [4.78, 5) is 39.7. The molecule has 1 saturated carbocycles. The number of carbonyl (C=O) groups excluding carboxylic acids is 3. The maximum absolute atomic E-state index is 13.1. The van der Waals surface area contributed by atoms with Crippen molar-refractivity contribution in [1.29, 1.82) is 0 Å². The van der Waals surface area contributed by atoms with E-state index < -0.39 is 17.9 Å². The van der Waals surface area contributed by atoms with Crippen molar-refractivity contribution in [3.8, 4) is 11.5 Å². The Bertz CT molecular complexity index is 978. The van der Waals surface area contributed by atoms with Gasteiger partial charge in [-0.2, -0.15) is 0 Å². The van der Waals surface area contributed by atoms with E-state index in [1.807, 2.05) is 0 Å². The van der Waals surface area contributed by atoms with Gasteiger partial charge in [-0.15, -0.1) is 0 Å². The number of benzene rings is 2. The predicted molar refractivity (Wildman–Crippen MR) is 114 cm³/mol. The molecule has 1 fully saturated rings. The summed E-state index contributed by atoms with van der Waals surface area (Å²) in [5, 5.41) is 2.59. The lowest BCUT2D eigenvalue weighted by Gasteiger charge is -2.27. The molecule has 0 aromatic heterocycles. The van der Waals surface area contributed by atoms with Crippen LogP contribution >= 0.6 is 0 Å². The van der Waals surface area contributed by atoms with Crippen LogP contribution in [0.15, 0.2) is 42.5 Å². The Morgan fingerprint density at radius 1 is 1.06 bits per heavy atom. The molecule has 1 aliphatic carbocycles. The van der Waals surface area contributed by atoms with Gasteiger partial charge in [0.05, 0.1) is 36.8 Å². The lowest BCUT2D eigenvalue weighted by atomic mass is 10.0. The summed E-state index contributed by atoms with van der Waals surface area (Å²) in [5.41, 5.74) is 1.35. The average Bonchev–Trinajstić information content (AvgIpc) is 3.39. The number of hydrogen-bond acceptors (Lipinski definition) is 5. The first kappa shape index (κ1) is 20.9. The molecule has 4 rings (SSSR count). The van der Waals surface area contributed by atoms with Gasteiger partial charge in [0.1, 0.15) is 0 Å². The van der Waals surface area contributed by atoms with E-state index in [1.54, 1.807) is 49.6 Å². The second-order valence-corrected chi connectivity index (χ2v) is 7.85. The van der Waals surface area contributed by atoms with Crippen molar-refractivity contribution < 1.29 is 23.9 Å². The number of nitrogens with zero attached hydrogens (tertiary/aromatic N) is 1. The average molecular weight is 422 g/mol. The van der Waals surface area contributed by atoms with Gasteiger partial charge in [0, 0.05) is 7.05 Å². The molecule has 162 valence electrons. The van der Waals surface area contributed by atoms with Gasteiger partial charge in [0.2, 0.25) is 5.91 Å². The van der Waals surface area contributed by atoms with Crippen LogP contribution in [0.25, 0.3) is 0 Å². The summed E-state index contributed by atoms with van der Waals surface area (Å²) in [5.74, 6) is 0.0740. The molecule has 2 aromatic carbocycles. The van der Waals surface area contributed by atoms with Gasteiger partial charge in [0.25, 0.3) is 11.8 Å². The first-order valence-corrected chi connectivity index (χ1v) is 10.6. The number of rotatable bonds is 7. The first-order valence-electron chi connectivity index (χ1n) is 10.6. The second-order valence-electron chi connectivity index (χ2n) is 7.85. The van der Waals surface area contributed by atoms with E-state index in [4.69, 9.17) is 9.47 Å². The van der Waals surface area contributed by atoms with Gasteiger partial charge in [-0.3, -0.25) is 19.3 Å². The van der Waals surface area contributed by atoms with Crippen LogP contribution in [0.3, 0.4) is 0 Å². The number of imide groups is 1. The number of hydrogen-bond donors (Lipinski definition) is 1. The summed E-state index contributed by atoms with van der Waals surface area (Å²) in [6.45, 7) is 0. The van der Waals surface area contributed by atoms with E-state index in [-0.39, 0.29) is 18.4 Å². The maximum Gasteiger partial charge on any atom is 0.262 e. The highest BCUT2D eigenvalue weighted by atomic mass is 16.5. The highest BCUT2D eigenvalue weighted by Gasteiger charge is 2.41. The molecule has 31 heavy (non-hydrogen) atoms. The minimum Gasteiger partial charge on any atom is -0.493 e. The van der Waals surface area contributed by atoms with Gasteiger partial charge < -0.3 is 14.8 Å². The Hall–Kier alpha value is -3.35. The minimum atomic E-state index is -0.760. The van der Waals surface area contributed by atoms with Gasteiger partial charge in [-0.1, -0.05) is 18.2 Å². The predicted octanol–water partition coefficient (Wildman–Crippen LogP) is 3.49. The summed E-state index contributed by atoms with van der Waals surface area (Å²) >= 11 is 0. The monoisotopic (exact) mass is 422 g/mol. The van der Waals surface area contributed by atoms with Crippen molar-refractivity contribution in [2.24, 2.45) is 0 Å². The lowest BCUT2D eigenvalue weighted by molar-refractivity contribution is -0.121. The molecular formula is C24H26N2O5. The fraction of sp³-hybridized carbons (Fsp3) is 0.375. The molecule has 0 spiro atoms. The quantitative estimate of drug-likeness (QED) is 0.691. The zero-order valence-electron chi connectivity index (χ0n) is 17.7. The van der Waals surface area contributed by atoms with Crippen LogP contribution in [0.5, 0.6) is 11.5 Å². The number of nitrogens with one attached hydrogen (secondary N) is 1. The Balaban J connectivity index is 1.72. The Morgan fingerprint density at radius 2 is 1.71 bits per heavy atom. The zero-order valence-corrected chi connectivity index (χ0v) is 17.7. The summed E-state index contributed by atoms with van der Waals surface area (Å²) in [7, 11) is 3.10. The summed E-state index contributed by atoms with van der Waals surface area (Å²) < 4.78 is 11.6. The molecular weight excluding hydrogens is 396 g/mol. The van der Waals surface area contributed by atoms with Gasteiger partial charge in [0.15, 0.2) is 11.5 Å². The number of ether oxygens (including phenoxy) is 2.